The number of nitrogens with zero attached hydrogens (tertiary/aromatic N) is 3. The van der Waals surface area contributed by atoms with Gasteiger partial charge in [-0.1, -0.05) is 0 Å². The smallest absolute Gasteiger partial charge is 0.263 e. The quantitative estimate of drug-likeness (QED) is 0.736. The zero-order valence-corrected chi connectivity index (χ0v) is 15.5. The Balaban J connectivity index is 1.63. The number of benzene rings is 1. The Hall–Kier alpha value is -3.13. The Kier molecular flexibility index (Phi) is 4.64. The number of rotatable bonds is 5. The van der Waals surface area contributed by atoms with Gasteiger partial charge < -0.3 is 13.7 Å². The number of furan rings is 1. The number of ether oxygens (including phenoxy) is 1. The SMILES string of the molecule is COc1ccc(C2=NN(C(=O)Cn3ccsc3=N)[C@H](c3ccco3)C2)cc1. The van der Waals surface area contributed by atoms with Crippen LogP contribution in [0.15, 0.2) is 63.8 Å². The van der Waals surface area contributed by atoms with Crippen molar-refractivity contribution in [3.63, 3.8) is 0 Å². The highest BCUT2D eigenvalue weighted by Crippen LogP contribution is 2.33. The predicted octanol–water partition coefficient (Wildman–Crippen LogP) is 3.01. The van der Waals surface area contributed by atoms with Crippen LogP contribution in [0.25, 0.3) is 0 Å². The molecule has 0 spiro atoms. The van der Waals surface area contributed by atoms with Crippen molar-refractivity contribution in [2.45, 2.75) is 19.0 Å². The molecule has 1 aromatic carbocycles. The number of methoxy groups -OCH3 is 1. The van der Waals surface area contributed by atoms with Crippen LogP contribution < -0.4 is 9.54 Å². The van der Waals surface area contributed by atoms with Crippen molar-refractivity contribution in [2.24, 2.45) is 5.10 Å². The van der Waals surface area contributed by atoms with Gasteiger partial charge in [-0.3, -0.25) is 10.2 Å². The molecule has 0 aliphatic carbocycles. The predicted molar refractivity (Wildman–Crippen MR) is 101 cm³/mol. The van der Waals surface area contributed by atoms with Gasteiger partial charge in [0.2, 0.25) is 0 Å². The molecule has 138 valence electrons. The van der Waals surface area contributed by atoms with E-state index in [0.717, 1.165) is 17.0 Å². The molecular weight excluding hydrogens is 364 g/mol. The van der Waals surface area contributed by atoms with Crippen molar-refractivity contribution in [1.29, 1.82) is 5.41 Å². The topological polar surface area (TPSA) is 83.8 Å². The fourth-order valence-electron chi connectivity index (χ4n) is 3.05. The normalized spacial score (nSPS) is 16.4. The third kappa shape index (κ3) is 3.43. The van der Waals surface area contributed by atoms with Crippen LogP contribution in [0, 0.1) is 5.41 Å². The molecule has 27 heavy (non-hydrogen) atoms. The van der Waals surface area contributed by atoms with Gasteiger partial charge in [0.15, 0.2) is 4.80 Å². The molecule has 1 atom stereocenters. The molecule has 3 heterocycles. The molecule has 1 amide bonds. The summed E-state index contributed by atoms with van der Waals surface area (Å²) in [4.78, 5) is 13.2. The second-order valence-corrected chi connectivity index (χ2v) is 6.98. The molecule has 0 saturated heterocycles. The summed E-state index contributed by atoms with van der Waals surface area (Å²) in [7, 11) is 1.62. The minimum Gasteiger partial charge on any atom is -0.497 e. The summed E-state index contributed by atoms with van der Waals surface area (Å²) in [5, 5.41) is 15.7. The molecule has 1 aliphatic rings. The van der Waals surface area contributed by atoms with Crippen LogP contribution in [0.3, 0.4) is 0 Å². The zero-order chi connectivity index (χ0) is 18.8. The maximum Gasteiger partial charge on any atom is 0.263 e. The first-order valence-electron chi connectivity index (χ1n) is 8.41. The first-order chi connectivity index (χ1) is 13.2. The molecule has 0 unspecified atom stereocenters. The van der Waals surface area contributed by atoms with Crippen molar-refractivity contribution in [1.82, 2.24) is 9.58 Å². The van der Waals surface area contributed by atoms with Crippen molar-refractivity contribution < 1.29 is 13.9 Å². The lowest BCUT2D eigenvalue weighted by molar-refractivity contribution is -0.134. The number of amides is 1. The van der Waals surface area contributed by atoms with E-state index in [9.17, 15) is 4.79 Å². The van der Waals surface area contributed by atoms with E-state index in [2.05, 4.69) is 5.10 Å². The van der Waals surface area contributed by atoms with E-state index in [0.29, 0.717) is 17.0 Å². The third-order valence-electron chi connectivity index (χ3n) is 4.45. The van der Waals surface area contributed by atoms with E-state index in [1.54, 1.807) is 35.6 Å². The monoisotopic (exact) mass is 382 g/mol. The second-order valence-electron chi connectivity index (χ2n) is 6.08. The van der Waals surface area contributed by atoms with E-state index in [-0.39, 0.29) is 18.5 Å². The van der Waals surface area contributed by atoms with Crippen LogP contribution in [-0.2, 0) is 11.3 Å². The Morgan fingerprint density at radius 2 is 2.19 bits per heavy atom. The number of hydrogen-bond donors (Lipinski definition) is 1. The summed E-state index contributed by atoms with van der Waals surface area (Å²) < 4.78 is 12.4. The summed E-state index contributed by atoms with van der Waals surface area (Å²) in [6.07, 6.45) is 3.89. The minimum atomic E-state index is -0.293. The minimum absolute atomic E-state index is 0.0684. The van der Waals surface area contributed by atoms with Gasteiger partial charge in [0, 0.05) is 18.0 Å². The molecule has 7 nitrogen and oxygen atoms in total. The summed E-state index contributed by atoms with van der Waals surface area (Å²) in [6, 6.07) is 11.0. The van der Waals surface area contributed by atoms with Crippen molar-refractivity contribution in [2.75, 3.05) is 7.11 Å². The largest absolute Gasteiger partial charge is 0.497 e. The number of carbonyl (C=O) groups excluding carboxylic acids is 1. The highest BCUT2D eigenvalue weighted by Gasteiger charge is 2.34. The highest BCUT2D eigenvalue weighted by molar-refractivity contribution is 7.06. The lowest BCUT2D eigenvalue weighted by atomic mass is 10.0. The Bertz CT molecular complexity index is 1020. The zero-order valence-electron chi connectivity index (χ0n) is 14.7. The first kappa shape index (κ1) is 17.3. The van der Waals surface area contributed by atoms with Gasteiger partial charge in [-0.15, -0.1) is 11.3 Å². The van der Waals surface area contributed by atoms with E-state index < -0.39 is 0 Å². The molecule has 0 saturated carbocycles. The molecular formula is C19H18N4O3S. The number of nitrogens with one attached hydrogen (secondary N) is 1. The van der Waals surface area contributed by atoms with E-state index in [4.69, 9.17) is 14.6 Å². The molecule has 0 bridgehead atoms. The first-order valence-corrected chi connectivity index (χ1v) is 9.29. The van der Waals surface area contributed by atoms with Crippen LogP contribution in [0.2, 0.25) is 0 Å². The van der Waals surface area contributed by atoms with Gasteiger partial charge in [0.1, 0.15) is 24.1 Å². The lowest BCUT2D eigenvalue weighted by Gasteiger charge is -2.20. The standard InChI is InChI=1S/C19H18N4O3S/c1-25-14-6-4-13(5-7-14)15-11-16(17-3-2-9-26-17)23(21-15)18(24)12-22-8-10-27-19(22)20/h2-10,16,20H,11-12H2,1H3/t16-/m0/s1. The van der Waals surface area contributed by atoms with E-state index in [1.165, 1.54) is 16.3 Å². The Labute approximate surface area is 159 Å². The fraction of sp³-hybridized carbons (Fsp3) is 0.211. The molecule has 1 N–H and O–H groups in total. The summed E-state index contributed by atoms with van der Waals surface area (Å²) in [6.45, 7) is 0.0684. The van der Waals surface area contributed by atoms with Gasteiger partial charge in [0.05, 0.1) is 19.1 Å². The lowest BCUT2D eigenvalue weighted by Crippen LogP contribution is -2.32. The average Bonchev–Trinajstić information content (AvgIpc) is 3.43. The van der Waals surface area contributed by atoms with E-state index >= 15 is 0 Å². The maximum atomic E-state index is 12.9. The number of thiazole rings is 1. The molecule has 0 radical (unpaired) electrons. The molecule has 1 aliphatic heterocycles. The van der Waals surface area contributed by atoms with Gasteiger partial charge in [-0.2, -0.15) is 5.10 Å². The molecule has 3 aromatic rings. The van der Waals surface area contributed by atoms with Crippen LogP contribution in [0.4, 0.5) is 0 Å². The fourth-order valence-corrected chi connectivity index (χ4v) is 3.64. The molecule has 0 fully saturated rings. The summed E-state index contributed by atoms with van der Waals surface area (Å²) in [5.74, 6) is 1.28. The van der Waals surface area contributed by atoms with E-state index in [1.807, 2.05) is 30.3 Å². The number of aromatic nitrogens is 1. The number of carbonyl (C=O) groups is 1. The Morgan fingerprint density at radius 3 is 2.81 bits per heavy atom. The molecule has 8 heteroatoms. The van der Waals surface area contributed by atoms with Crippen LogP contribution >= 0.6 is 11.3 Å². The van der Waals surface area contributed by atoms with Crippen molar-refractivity contribution in [3.05, 3.63) is 70.4 Å². The van der Waals surface area contributed by atoms with Gasteiger partial charge in [-0.25, -0.2) is 5.01 Å². The maximum absolute atomic E-state index is 12.9. The number of hydrazone groups is 1. The summed E-state index contributed by atoms with van der Waals surface area (Å²) in [5.41, 5.74) is 1.75. The molecule has 4 rings (SSSR count). The second kappa shape index (κ2) is 7.24. The third-order valence-corrected chi connectivity index (χ3v) is 5.16. The summed E-state index contributed by atoms with van der Waals surface area (Å²) >= 11 is 1.28. The highest BCUT2D eigenvalue weighted by atomic mass is 32.1. The molecule has 2 aromatic heterocycles. The van der Waals surface area contributed by atoms with Gasteiger partial charge >= 0.3 is 0 Å². The number of hydrogen-bond acceptors (Lipinski definition) is 6. The van der Waals surface area contributed by atoms with Crippen LogP contribution in [0.5, 0.6) is 5.75 Å². The van der Waals surface area contributed by atoms with Crippen LogP contribution in [-0.4, -0.2) is 28.3 Å². The Morgan fingerprint density at radius 1 is 1.37 bits per heavy atom. The van der Waals surface area contributed by atoms with Crippen molar-refractivity contribution in [3.8, 4) is 5.75 Å². The van der Waals surface area contributed by atoms with Crippen molar-refractivity contribution >= 4 is 23.0 Å². The van der Waals surface area contributed by atoms with Crippen LogP contribution in [0.1, 0.15) is 23.8 Å². The van der Waals surface area contributed by atoms with Gasteiger partial charge in [0.25, 0.3) is 5.91 Å². The van der Waals surface area contributed by atoms with Gasteiger partial charge in [-0.05, 0) is 42.0 Å². The average molecular weight is 382 g/mol.